The molecule has 1 aromatic heterocycles. The minimum absolute atomic E-state index is 0.0238. The zero-order valence-corrected chi connectivity index (χ0v) is 14.4. The van der Waals surface area contributed by atoms with E-state index < -0.39 is 0 Å². The van der Waals surface area contributed by atoms with Crippen molar-refractivity contribution in [2.75, 3.05) is 11.9 Å². The van der Waals surface area contributed by atoms with E-state index in [4.69, 9.17) is 4.52 Å². The van der Waals surface area contributed by atoms with Crippen molar-refractivity contribution in [1.29, 1.82) is 0 Å². The summed E-state index contributed by atoms with van der Waals surface area (Å²) in [6.45, 7) is 6.66. The van der Waals surface area contributed by atoms with Crippen molar-refractivity contribution >= 4 is 11.7 Å². The van der Waals surface area contributed by atoms with Crippen LogP contribution in [0.15, 0.2) is 10.6 Å². The minimum Gasteiger partial charge on any atom is -0.393 e. The average molecular weight is 323 g/mol. The summed E-state index contributed by atoms with van der Waals surface area (Å²) in [5.41, 5.74) is 0. The maximum Gasteiger partial charge on any atom is 0.242 e. The van der Waals surface area contributed by atoms with Crippen LogP contribution in [0.3, 0.4) is 0 Å². The highest BCUT2D eigenvalue weighted by molar-refractivity contribution is 5.94. The number of unbranched alkanes of at least 4 members (excludes halogenated alkanes) is 1. The molecule has 2 heterocycles. The third kappa shape index (κ3) is 5.04. The second-order valence-electron chi connectivity index (χ2n) is 6.59. The molecule has 0 radical (unpaired) electrons. The topological polar surface area (TPSA) is 78.6 Å². The number of aromatic nitrogens is 1. The molecule has 0 spiro atoms. The van der Waals surface area contributed by atoms with Crippen LogP contribution in [0.4, 0.5) is 5.82 Å². The number of carbonyl (C=O) groups is 1. The fourth-order valence-electron chi connectivity index (χ4n) is 3.40. The molecule has 1 aliphatic rings. The number of carbonyl (C=O) groups excluding carboxylic acids is 1. The molecule has 6 heteroatoms. The lowest BCUT2D eigenvalue weighted by atomic mass is 10.0. The first kappa shape index (κ1) is 17.9. The summed E-state index contributed by atoms with van der Waals surface area (Å²) in [7, 11) is 0. The molecule has 0 bridgehead atoms. The lowest BCUT2D eigenvalue weighted by Crippen LogP contribution is -2.47. The third-order valence-corrected chi connectivity index (χ3v) is 4.45. The van der Waals surface area contributed by atoms with Gasteiger partial charge in [-0.1, -0.05) is 24.9 Å². The van der Waals surface area contributed by atoms with E-state index >= 15 is 0 Å². The first-order valence-corrected chi connectivity index (χ1v) is 8.69. The lowest BCUT2D eigenvalue weighted by molar-refractivity contribution is -0.122. The Bertz CT molecular complexity index is 501. The van der Waals surface area contributed by atoms with Gasteiger partial charge in [0.05, 0.1) is 12.1 Å². The summed E-state index contributed by atoms with van der Waals surface area (Å²) in [4.78, 5) is 15.0. The number of hydrogen-bond acceptors (Lipinski definition) is 5. The zero-order chi connectivity index (χ0) is 16.8. The van der Waals surface area contributed by atoms with Gasteiger partial charge in [-0.2, -0.15) is 0 Å². The molecule has 1 aliphatic heterocycles. The second-order valence-corrected chi connectivity index (χ2v) is 6.59. The number of aryl methyl sites for hydroxylation is 1. The van der Waals surface area contributed by atoms with Crippen LogP contribution in [0.2, 0.25) is 0 Å². The molecule has 0 saturated carbocycles. The smallest absolute Gasteiger partial charge is 0.242 e. The Labute approximate surface area is 138 Å². The van der Waals surface area contributed by atoms with E-state index in [1.807, 2.05) is 6.92 Å². The van der Waals surface area contributed by atoms with E-state index in [2.05, 4.69) is 22.3 Å². The van der Waals surface area contributed by atoms with Gasteiger partial charge >= 0.3 is 0 Å². The number of aliphatic hydroxyl groups excluding tert-OH is 1. The molecule has 3 unspecified atom stereocenters. The summed E-state index contributed by atoms with van der Waals surface area (Å²) in [5.74, 6) is 1.13. The fourth-order valence-corrected chi connectivity index (χ4v) is 3.40. The molecule has 3 atom stereocenters. The fraction of sp³-hybridized carbons (Fsp3) is 0.765. The molecule has 0 aliphatic carbocycles. The Morgan fingerprint density at radius 2 is 2.39 bits per heavy atom. The van der Waals surface area contributed by atoms with Crippen LogP contribution in [-0.2, 0) is 4.79 Å². The number of likely N-dealkylation sites (tertiary alicyclic amines) is 1. The summed E-state index contributed by atoms with van der Waals surface area (Å²) in [5, 5.41) is 16.4. The Morgan fingerprint density at radius 3 is 3.00 bits per heavy atom. The van der Waals surface area contributed by atoms with Crippen molar-refractivity contribution in [3.05, 3.63) is 11.8 Å². The molecule has 23 heavy (non-hydrogen) atoms. The quantitative estimate of drug-likeness (QED) is 0.769. The number of amides is 1. The van der Waals surface area contributed by atoms with Crippen LogP contribution in [-0.4, -0.2) is 45.8 Å². The van der Waals surface area contributed by atoms with Crippen molar-refractivity contribution in [3.8, 4) is 0 Å². The van der Waals surface area contributed by atoms with Gasteiger partial charge in [0.25, 0.3) is 0 Å². The van der Waals surface area contributed by atoms with Crippen LogP contribution in [0.25, 0.3) is 0 Å². The van der Waals surface area contributed by atoms with E-state index in [1.165, 1.54) is 0 Å². The number of anilines is 1. The van der Waals surface area contributed by atoms with Crippen LogP contribution < -0.4 is 5.32 Å². The molecule has 130 valence electrons. The van der Waals surface area contributed by atoms with Crippen LogP contribution in [0.5, 0.6) is 0 Å². The summed E-state index contributed by atoms with van der Waals surface area (Å²) >= 11 is 0. The molecule has 1 aromatic rings. The summed E-state index contributed by atoms with van der Waals surface area (Å²) < 4.78 is 5.01. The van der Waals surface area contributed by atoms with Gasteiger partial charge in [0, 0.05) is 12.1 Å². The van der Waals surface area contributed by atoms with Gasteiger partial charge < -0.3 is 14.9 Å². The van der Waals surface area contributed by atoms with Gasteiger partial charge in [-0.25, -0.2) is 0 Å². The number of nitrogens with zero attached hydrogens (tertiary/aromatic N) is 2. The van der Waals surface area contributed by atoms with E-state index in [0.29, 0.717) is 11.6 Å². The third-order valence-electron chi connectivity index (χ3n) is 4.45. The van der Waals surface area contributed by atoms with E-state index in [1.54, 1.807) is 13.0 Å². The number of hydrogen-bond donors (Lipinski definition) is 2. The highest BCUT2D eigenvalue weighted by Crippen LogP contribution is 2.26. The number of rotatable bonds is 8. The number of nitrogens with one attached hydrogen (secondary N) is 1. The SMILES string of the molecule is CCCCC(C(=O)Nc1cc(C)on1)N1CCCC1CC(C)O. The highest BCUT2D eigenvalue weighted by atomic mass is 16.5. The van der Waals surface area contributed by atoms with Crippen molar-refractivity contribution in [1.82, 2.24) is 10.1 Å². The van der Waals surface area contributed by atoms with Gasteiger partial charge in [0.15, 0.2) is 5.82 Å². The normalized spacial score (nSPS) is 21.3. The summed E-state index contributed by atoms with van der Waals surface area (Å²) in [6.07, 6.45) is 5.40. The van der Waals surface area contributed by atoms with Crippen LogP contribution in [0, 0.1) is 6.92 Å². The minimum atomic E-state index is -0.339. The second kappa shape index (κ2) is 8.45. The maximum absolute atomic E-state index is 12.7. The van der Waals surface area contributed by atoms with Crippen molar-refractivity contribution in [2.24, 2.45) is 0 Å². The predicted molar refractivity (Wildman–Crippen MR) is 89.2 cm³/mol. The van der Waals surface area contributed by atoms with Gasteiger partial charge in [0.2, 0.25) is 5.91 Å². The first-order valence-electron chi connectivity index (χ1n) is 8.69. The van der Waals surface area contributed by atoms with Crippen molar-refractivity contribution in [2.45, 2.75) is 77.5 Å². The Balaban J connectivity index is 2.06. The standard InChI is InChI=1S/C17H29N3O3/c1-4-5-8-15(17(22)18-16-11-13(3)23-19-16)20-9-6-7-14(20)10-12(2)21/h11-12,14-15,21H,4-10H2,1-3H3,(H,18,19,22). The average Bonchev–Trinajstić information content (AvgIpc) is 3.08. The maximum atomic E-state index is 12.7. The van der Waals surface area contributed by atoms with Gasteiger partial charge in [-0.3, -0.25) is 9.69 Å². The molecule has 0 aromatic carbocycles. The molecule has 1 amide bonds. The van der Waals surface area contributed by atoms with E-state index in [0.717, 1.165) is 45.1 Å². The molecule has 1 saturated heterocycles. The Kier molecular flexibility index (Phi) is 6.59. The molecular weight excluding hydrogens is 294 g/mol. The first-order chi connectivity index (χ1) is 11.0. The van der Waals surface area contributed by atoms with Gasteiger partial charge in [-0.05, 0) is 46.1 Å². The summed E-state index contributed by atoms with van der Waals surface area (Å²) in [6, 6.07) is 1.84. The molecule has 2 N–H and O–H groups in total. The Hall–Kier alpha value is -1.40. The Morgan fingerprint density at radius 1 is 1.61 bits per heavy atom. The molecule has 6 nitrogen and oxygen atoms in total. The van der Waals surface area contributed by atoms with Gasteiger partial charge in [-0.15, -0.1) is 0 Å². The van der Waals surface area contributed by atoms with Crippen LogP contribution in [0.1, 0.15) is 58.1 Å². The monoisotopic (exact) mass is 323 g/mol. The van der Waals surface area contributed by atoms with Crippen molar-refractivity contribution in [3.63, 3.8) is 0 Å². The highest BCUT2D eigenvalue weighted by Gasteiger charge is 2.35. The lowest BCUT2D eigenvalue weighted by Gasteiger charge is -2.32. The van der Waals surface area contributed by atoms with E-state index in [9.17, 15) is 9.90 Å². The van der Waals surface area contributed by atoms with Gasteiger partial charge in [0.1, 0.15) is 5.76 Å². The van der Waals surface area contributed by atoms with Crippen LogP contribution >= 0.6 is 0 Å². The molecule has 2 rings (SSSR count). The zero-order valence-electron chi connectivity index (χ0n) is 14.4. The largest absolute Gasteiger partial charge is 0.393 e. The predicted octanol–water partition coefficient (Wildman–Crippen LogP) is 2.72. The van der Waals surface area contributed by atoms with Crippen molar-refractivity contribution < 1.29 is 14.4 Å². The molecular formula is C17H29N3O3. The number of aliphatic hydroxyl groups is 1. The molecule has 1 fully saturated rings. The van der Waals surface area contributed by atoms with E-state index in [-0.39, 0.29) is 24.1 Å².